The molecule has 1 aromatic rings. The molecule has 0 saturated heterocycles. The summed E-state index contributed by atoms with van der Waals surface area (Å²) in [6, 6.07) is 4.10. The lowest BCUT2D eigenvalue weighted by Crippen LogP contribution is -2.33. The van der Waals surface area contributed by atoms with Gasteiger partial charge >= 0.3 is 0 Å². The van der Waals surface area contributed by atoms with E-state index >= 15 is 0 Å². The molecule has 0 aromatic carbocycles. The van der Waals surface area contributed by atoms with Crippen molar-refractivity contribution in [2.24, 2.45) is 0 Å². The Bertz CT molecular complexity index is 292. The summed E-state index contributed by atoms with van der Waals surface area (Å²) >= 11 is 0. The van der Waals surface area contributed by atoms with E-state index in [1.165, 1.54) is 11.1 Å². The van der Waals surface area contributed by atoms with Crippen LogP contribution in [0.3, 0.4) is 0 Å². The van der Waals surface area contributed by atoms with E-state index in [4.69, 9.17) is 0 Å². The Morgan fingerprint density at radius 3 is 2.85 bits per heavy atom. The minimum atomic E-state index is 0.875. The molecule has 1 aromatic heterocycles. The van der Waals surface area contributed by atoms with Gasteiger partial charge in [0.1, 0.15) is 0 Å². The Morgan fingerprint density at radius 1 is 1.31 bits per heavy atom. The summed E-state index contributed by atoms with van der Waals surface area (Å²) in [6.45, 7) is 1.86. The third kappa shape index (κ3) is 2.29. The van der Waals surface area contributed by atoms with Gasteiger partial charge in [-0.15, -0.1) is 0 Å². The molecule has 1 aliphatic heterocycles. The third-order valence-corrected chi connectivity index (χ3v) is 2.07. The van der Waals surface area contributed by atoms with Crippen molar-refractivity contribution >= 4 is 0 Å². The lowest BCUT2D eigenvalue weighted by molar-refractivity contribution is 0.638. The zero-order chi connectivity index (χ0) is 8.93. The normalized spacial score (nSPS) is 16.2. The molecule has 0 bridgehead atoms. The zero-order valence-corrected chi connectivity index (χ0v) is 7.46. The average molecular weight is 175 g/mol. The summed E-state index contributed by atoms with van der Waals surface area (Å²) in [4.78, 5) is 3.99. The van der Waals surface area contributed by atoms with Crippen LogP contribution in [-0.4, -0.2) is 18.2 Å². The molecule has 13 heavy (non-hydrogen) atoms. The van der Waals surface area contributed by atoms with Crippen molar-refractivity contribution in [2.75, 3.05) is 13.2 Å². The topological polar surface area (TPSA) is 37.0 Å². The molecule has 3 heteroatoms. The fourth-order valence-electron chi connectivity index (χ4n) is 1.42. The zero-order valence-electron chi connectivity index (χ0n) is 7.46. The van der Waals surface area contributed by atoms with E-state index in [0.29, 0.717) is 0 Å². The van der Waals surface area contributed by atoms with Gasteiger partial charge in [-0.25, -0.2) is 0 Å². The largest absolute Gasteiger partial charge is 0.378 e. The van der Waals surface area contributed by atoms with E-state index in [2.05, 4.69) is 34.0 Å². The number of aromatic nitrogens is 1. The van der Waals surface area contributed by atoms with E-state index in [1.807, 2.05) is 12.4 Å². The number of rotatable bonds is 2. The number of nitrogens with one attached hydrogen (secondary N) is 2. The first-order chi connectivity index (χ1) is 6.45. The highest BCUT2D eigenvalue weighted by molar-refractivity contribution is 5.20. The standard InChI is InChI=1S/C10H13N3/c1-3-11-4-2-9(1)5-10-6-12-8-13-7-10/h1-4,6,12-13H,5,7-8H2. The molecule has 3 nitrogen and oxygen atoms in total. The molecule has 0 fully saturated rings. The van der Waals surface area contributed by atoms with Gasteiger partial charge < -0.3 is 5.32 Å². The van der Waals surface area contributed by atoms with E-state index < -0.39 is 0 Å². The van der Waals surface area contributed by atoms with Crippen molar-refractivity contribution < 1.29 is 0 Å². The molecular formula is C10H13N3. The van der Waals surface area contributed by atoms with Crippen molar-refractivity contribution in [3.05, 3.63) is 41.9 Å². The highest BCUT2D eigenvalue weighted by atomic mass is 15.1. The molecule has 2 rings (SSSR count). The van der Waals surface area contributed by atoms with Gasteiger partial charge in [0.25, 0.3) is 0 Å². The number of hydrogen-bond acceptors (Lipinski definition) is 3. The maximum atomic E-state index is 3.99. The second-order valence-corrected chi connectivity index (χ2v) is 3.14. The fourth-order valence-corrected chi connectivity index (χ4v) is 1.42. The highest BCUT2D eigenvalue weighted by Gasteiger charge is 2.02. The van der Waals surface area contributed by atoms with Gasteiger partial charge in [0, 0.05) is 18.9 Å². The SMILES string of the molecule is C1=C(Cc2ccncc2)CNCN1. The average Bonchev–Trinajstić information content (AvgIpc) is 2.21. The first-order valence-electron chi connectivity index (χ1n) is 4.46. The lowest BCUT2D eigenvalue weighted by Gasteiger charge is -2.15. The van der Waals surface area contributed by atoms with Crippen LogP contribution in [0.15, 0.2) is 36.3 Å². The summed E-state index contributed by atoms with van der Waals surface area (Å²) in [7, 11) is 0. The molecule has 0 unspecified atom stereocenters. The Morgan fingerprint density at radius 2 is 2.15 bits per heavy atom. The van der Waals surface area contributed by atoms with Crippen molar-refractivity contribution in [1.82, 2.24) is 15.6 Å². The predicted octanol–water partition coefficient (Wildman–Crippen LogP) is 0.658. The Hall–Kier alpha value is -1.35. The van der Waals surface area contributed by atoms with Gasteiger partial charge in [-0.2, -0.15) is 0 Å². The van der Waals surface area contributed by atoms with E-state index in [1.54, 1.807) is 0 Å². The lowest BCUT2D eigenvalue weighted by atomic mass is 10.1. The Labute approximate surface area is 77.9 Å². The Kier molecular flexibility index (Phi) is 2.57. The fraction of sp³-hybridized carbons (Fsp3) is 0.300. The van der Waals surface area contributed by atoms with Gasteiger partial charge in [-0.05, 0) is 35.9 Å². The van der Waals surface area contributed by atoms with Crippen LogP contribution in [0.1, 0.15) is 5.56 Å². The molecular weight excluding hydrogens is 162 g/mol. The van der Waals surface area contributed by atoms with E-state index in [-0.39, 0.29) is 0 Å². The molecule has 1 aliphatic rings. The molecule has 2 heterocycles. The quantitative estimate of drug-likeness (QED) is 0.693. The molecule has 68 valence electrons. The van der Waals surface area contributed by atoms with Crippen LogP contribution in [0.25, 0.3) is 0 Å². The summed E-state index contributed by atoms with van der Waals surface area (Å²) in [5, 5.41) is 6.43. The summed E-state index contributed by atoms with van der Waals surface area (Å²) in [6.07, 6.45) is 6.76. The van der Waals surface area contributed by atoms with Gasteiger partial charge in [0.15, 0.2) is 0 Å². The monoisotopic (exact) mass is 175 g/mol. The van der Waals surface area contributed by atoms with Gasteiger partial charge in [0.05, 0.1) is 6.67 Å². The number of hydrogen-bond donors (Lipinski definition) is 2. The molecule has 0 spiro atoms. The Balaban J connectivity index is 2.01. The van der Waals surface area contributed by atoms with Crippen LogP contribution in [0.2, 0.25) is 0 Å². The smallest absolute Gasteiger partial charge is 0.0650 e. The van der Waals surface area contributed by atoms with Crippen molar-refractivity contribution in [2.45, 2.75) is 6.42 Å². The van der Waals surface area contributed by atoms with Gasteiger partial charge in [-0.3, -0.25) is 10.3 Å². The van der Waals surface area contributed by atoms with E-state index in [0.717, 1.165) is 19.6 Å². The molecule has 0 atom stereocenters. The number of pyridine rings is 1. The second-order valence-electron chi connectivity index (χ2n) is 3.14. The molecule has 0 saturated carbocycles. The van der Waals surface area contributed by atoms with Gasteiger partial charge in [0.2, 0.25) is 0 Å². The van der Waals surface area contributed by atoms with Crippen molar-refractivity contribution in [3.8, 4) is 0 Å². The van der Waals surface area contributed by atoms with Crippen LogP contribution in [-0.2, 0) is 6.42 Å². The molecule has 0 aliphatic carbocycles. The highest BCUT2D eigenvalue weighted by Crippen LogP contribution is 2.06. The first-order valence-corrected chi connectivity index (χ1v) is 4.46. The summed E-state index contributed by atoms with van der Waals surface area (Å²) < 4.78 is 0. The van der Waals surface area contributed by atoms with Crippen molar-refractivity contribution in [1.29, 1.82) is 0 Å². The first kappa shape index (κ1) is 8.26. The van der Waals surface area contributed by atoms with Crippen LogP contribution >= 0.6 is 0 Å². The van der Waals surface area contributed by atoms with Crippen LogP contribution < -0.4 is 10.6 Å². The molecule has 0 amide bonds. The molecule has 0 radical (unpaired) electrons. The van der Waals surface area contributed by atoms with E-state index in [9.17, 15) is 0 Å². The van der Waals surface area contributed by atoms with Crippen molar-refractivity contribution in [3.63, 3.8) is 0 Å². The van der Waals surface area contributed by atoms with Crippen LogP contribution in [0, 0.1) is 0 Å². The van der Waals surface area contributed by atoms with Gasteiger partial charge in [-0.1, -0.05) is 0 Å². The minimum Gasteiger partial charge on any atom is -0.378 e. The third-order valence-electron chi connectivity index (χ3n) is 2.07. The van der Waals surface area contributed by atoms with Crippen LogP contribution in [0.4, 0.5) is 0 Å². The number of nitrogens with zero attached hydrogens (tertiary/aromatic N) is 1. The minimum absolute atomic E-state index is 0.875. The molecule has 2 N–H and O–H groups in total. The van der Waals surface area contributed by atoms with Crippen LogP contribution in [0.5, 0.6) is 0 Å². The summed E-state index contributed by atoms with van der Waals surface area (Å²) in [5.41, 5.74) is 2.70. The predicted molar refractivity (Wildman–Crippen MR) is 52.0 cm³/mol. The summed E-state index contributed by atoms with van der Waals surface area (Å²) in [5.74, 6) is 0. The maximum absolute atomic E-state index is 3.99. The second kappa shape index (κ2) is 4.05. The maximum Gasteiger partial charge on any atom is 0.0650 e.